The summed E-state index contributed by atoms with van der Waals surface area (Å²) in [6.07, 6.45) is 2.33. The predicted octanol–water partition coefficient (Wildman–Crippen LogP) is 4.00. The summed E-state index contributed by atoms with van der Waals surface area (Å²) in [6, 6.07) is 12.9. The maximum atomic E-state index is 12.8. The third-order valence-corrected chi connectivity index (χ3v) is 5.16. The predicted molar refractivity (Wildman–Crippen MR) is 109 cm³/mol. The topological polar surface area (TPSA) is 67.2 Å². The van der Waals surface area contributed by atoms with E-state index in [0.717, 1.165) is 29.1 Å². The van der Waals surface area contributed by atoms with Crippen molar-refractivity contribution in [2.75, 3.05) is 16.8 Å². The Morgan fingerprint density at radius 1 is 1.18 bits per heavy atom. The number of fused-ring (bicyclic) bond motifs is 1. The van der Waals surface area contributed by atoms with Crippen LogP contribution in [0.15, 0.2) is 48.7 Å². The van der Waals surface area contributed by atoms with E-state index in [1.807, 2.05) is 37.3 Å². The minimum Gasteiger partial charge on any atom is -0.322 e. The molecule has 0 spiro atoms. The molecule has 142 valence electrons. The molecule has 2 amide bonds. The molecule has 1 aliphatic heterocycles. The third-order valence-electron chi connectivity index (χ3n) is 4.92. The zero-order chi connectivity index (χ0) is 19.8. The van der Waals surface area contributed by atoms with Gasteiger partial charge in [-0.2, -0.15) is 5.10 Å². The first-order valence-corrected chi connectivity index (χ1v) is 9.35. The third kappa shape index (κ3) is 3.27. The van der Waals surface area contributed by atoms with E-state index >= 15 is 0 Å². The first kappa shape index (κ1) is 18.3. The molecule has 0 unspecified atom stereocenters. The summed E-state index contributed by atoms with van der Waals surface area (Å²) in [7, 11) is 0. The highest BCUT2D eigenvalue weighted by Gasteiger charge is 2.23. The van der Waals surface area contributed by atoms with E-state index in [1.165, 1.54) is 0 Å². The molecule has 1 N–H and O–H groups in total. The Hall–Kier alpha value is -3.12. The molecule has 3 aromatic rings. The first-order chi connectivity index (χ1) is 13.4. The van der Waals surface area contributed by atoms with Crippen molar-refractivity contribution in [3.63, 3.8) is 0 Å². The SMILES string of the molecule is CC(=O)N1CCc2cc(NC(=O)c3cnn(-c4cccc(Cl)c4)c3C)ccc21. The highest BCUT2D eigenvalue weighted by atomic mass is 35.5. The van der Waals surface area contributed by atoms with E-state index in [2.05, 4.69) is 10.4 Å². The van der Waals surface area contributed by atoms with Gasteiger partial charge in [-0.05, 0) is 55.3 Å². The van der Waals surface area contributed by atoms with Crippen molar-refractivity contribution in [1.82, 2.24) is 9.78 Å². The lowest BCUT2D eigenvalue weighted by molar-refractivity contribution is -0.116. The van der Waals surface area contributed by atoms with E-state index in [0.29, 0.717) is 22.8 Å². The summed E-state index contributed by atoms with van der Waals surface area (Å²) in [5.74, 6) is -0.202. The van der Waals surface area contributed by atoms with Gasteiger partial charge in [-0.1, -0.05) is 17.7 Å². The zero-order valence-electron chi connectivity index (χ0n) is 15.6. The second kappa shape index (κ2) is 7.13. The molecule has 6 nitrogen and oxygen atoms in total. The lowest BCUT2D eigenvalue weighted by Crippen LogP contribution is -2.25. The van der Waals surface area contributed by atoms with Gasteiger partial charge in [-0.3, -0.25) is 9.59 Å². The summed E-state index contributed by atoms with van der Waals surface area (Å²) in [6.45, 7) is 4.08. The van der Waals surface area contributed by atoms with Gasteiger partial charge >= 0.3 is 0 Å². The number of benzene rings is 2. The molecular formula is C21H19ClN4O2. The molecule has 2 heterocycles. The number of amides is 2. The zero-order valence-corrected chi connectivity index (χ0v) is 16.3. The van der Waals surface area contributed by atoms with Crippen LogP contribution in [0.1, 0.15) is 28.5 Å². The molecule has 0 saturated carbocycles. The van der Waals surface area contributed by atoms with Gasteiger partial charge in [0, 0.05) is 29.9 Å². The van der Waals surface area contributed by atoms with Crippen LogP contribution in [0.2, 0.25) is 5.02 Å². The van der Waals surface area contributed by atoms with Crippen molar-refractivity contribution in [1.29, 1.82) is 0 Å². The molecule has 4 rings (SSSR count). The van der Waals surface area contributed by atoms with Gasteiger partial charge in [0.2, 0.25) is 5.91 Å². The Balaban J connectivity index is 1.56. The Morgan fingerprint density at radius 3 is 2.75 bits per heavy atom. The monoisotopic (exact) mass is 394 g/mol. The van der Waals surface area contributed by atoms with E-state index in [4.69, 9.17) is 11.6 Å². The molecule has 0 fully saturated rings. The fourth-order valence-corrected chi connectivity index (χ4v) is 3.69. The molecule has 0 bridgehead atoms. The molecule has 1 aliphatic rings. The van der Waals surface area contributed by atoms with Gasteiger partial charge in [0.25, 0.3) is 5.91 Å². The average Bonchev–Trinajstić information content (AvgIpc) is 3.25. The van der Waals surface area contributed by atoms with Crippen molar-refractivity contribution in [2.24, 2.45) is 0 Å². The summed E-state index contributed by atoms with van der Waals surface area (Å²) in [5.41, 5.74) is 4.68. The van der Waals surface area contributed by atoms with E-state index in [1.54, 1.807) is 34.8 Å². The first-order valence-electron chi connectivity index (χ1n) is 8.97. The second-order valence-electron chi connectivity index (χ2n) is 6.75. The number of carbonyl (C=O) groups excluding carboxylic acids is 2. The normalized spacial score (nSPS) is 12.8. The Morgan fingerprint density at radius 2 is 2.00 bits per heavy atom. The molecule has 0 radical (unpaired) electrons. The molecule has 2 aromatic carbocycles. The van der Waals surface area contributed by atoms with Crippen molar-refractivity contribution >= 4 is 34.8 Å². The van der Waals surface area contributed by atoms with Crippen LogP contribution in [0.5, 0.6) is 0 Å². The fourth-order valence-electron chi connectivity index (χ4n) is 3.51. The van der Waals surface area contributed by atoms with Gasteiger partial charge in [0.05, 0.1) is 23.1 Å². The standard InChI is InChI=1S/C21H19ClN4O2/c1-13-19(12-23-26(13)18-5-3-4-16(22)11-18)21(28)24-17-6-7-20-15(10-17)8-9-25(20)14(2)27/h3-7,10-12H,8-9H2,1-2H3,(H,24,28). The van der Waals surface area contributed by atoms with Gasteiger partial charge in [0.1, 0.15) is 0 Å². The highest BCUT2D eigenvalue weighted by molar-refractivity contribution is 6.30. The van der Waals surface area contributed by atoms with Crippen LogP contribution in [0, 0.1) is 6.92 Å². The number of nitrogens with one attached hydrogen (secondary N) is 1. The molecule has 0 atom stereocenters. The number of nitrogens with zero attached hydrogens (tertiary/aromatic N) is 3. The summed E-state index contributed by atoms with van der Waals surface area (Å²) in [5, 5.41) is 7.86. The van der Waals surface area contributed by atoms with Crippen molar-refractivity contribution < 1.29 is 9.59 Å². The molecule has 28 heavy (non-hydrogen) atoms. The maximum Gasteiger partial charge on any atom is 0.259 e. The van der Waals surface area contributed by atoms with Crippen LogP contribution in [0.4, 0.5) is 11.4 Å². The van der Waals surface area contributed by atoms with E-state index in [-0.39, 0.29) is 11.8 Å². The smallest absolute Gasteiger partial charge is 0.259 e. The minimum absolute atomic E-state index is 0.0274. The number of rotatable bonds is 3. The number of aromatic nitrogens is 2. The number of carbonyl (C=O) groups is 2. The average molecular weight is 395 g/mol. The van der Waals surface area contributed by atoms with Crippen LogP contribution in [0.25, 0.3) is 5.69 Å². The van der Waals surface area contributed by atoms with Crippen LogP contribution in [-0.2, 0) is 11.2 Å². The quantitative estimate of drug-likeness (QED) is 0.730. The largest absolute Gasteiger partial charge is 0.322 e. The Labute approximate surface area is 167 Å². The molecule has 7 heteroatoms. The number of anilines is 2. The molecule has 1 aromatic heterocycles. The lowest BCUT2D eigenvalue weighted by atomic mass is 10.1. The number of hydrogen-bond donors (Lipinski definition) is 1. The Kier molecular flexibility index (Phi) is 4.65. The maximum absolute atomic E-state index is 12.8. The van der Waals surface area contributed by atoms with Crippen molar-refractivity contribution in [3.8, 4) is 5.69 Å². The van der Waals surface area contributed by atoms with Crippen molar-refractivity contribution in [3.05, 3.63) is 70.5 Å². The fraction of sp³-hybridized carbons (Fsp3) is 0.190. The van der Waals surface area contributed by atoms with Crippen LogP contribution in [0.3, 0.4) is 0 Å². The highest BCUT2D eigenvalue weighted by Crippen LogP contribution is 2.30. The van der Waals surface area contributed by atoms with Crippen LogP contribution >= 0.6 is 11.6 Å². The van der Waals surface area contributed by atoms with Gasteiger partial charge in [0.15, 0.2) is 0 Å². The molecular weight excluding hydrogens is 376 g/mol. The summed E-state index contributed by atoms with van der Waals surface area (Å²) < 4.78 is 1.69. The van der Waals surface area contributed by atoms with E-state index < -0.39 is 0 Å². The summed E-state index contributed by atoms with van der Waals surface area (Å²) in [4.78, 5) is 26.2. The van der Waals surface area contributed by atoms with Gasteiger partial charge in [-0.25, -0.2) is 4.68 Å². The van der Waals surface area contributed by atoms with Crippen LogP contribution in [-0.4, -0.2) is 28.1 Å². The van der Waals surface area contributed by atoms with Gasteiger partial charge in [-0.15, -0.1) is 0 Å². The number of halogens is 1. The summed E-state index contributed by atoms with van der Waals surface area (Å²) >= 11 is 6.06. The second-order valence-corrected chi connectivity index (χ2v) is 7.19. The van der Waals surface area contributed by atoms with E-state index in [9.17, 15) is 9.59 Å². The minimum atomic E-state index is -0.229. The Bertz CT molecular complexity index is 1090. The number of hydrogen-bond acceptors (Lipinski definition) is 3. The van der Waals surface area contributed by atoms with Crippen LogP contribution < -0.4 is 10.2 Å². The van der Waals surface area contributed by atoms with Crippen molar-refractivity contribution in [2.45, 2.75) is 20.3 Å². The van der Waals surface area contributed by atoms with Gasteiger partial charge < -0.3 is 10.2 Å². The lowest BCUT2D eigenvalue weighted by Gasteiger charge is -2.15. The molecule has 0 saturated heterocycles. The molecule has 0 aliphatic carbocycles.